The van der Waals surface area contributed by atoms with Gasteiger partial charge < -0.3 is 14.9 Å². The molecule has 0 aliphatic carbocycles. The molecule has 0 spiro atoms. The molecule has 0 aliphatic rings. The molecule has 0 saturated heterocycles. The van der Waals surface area contributed by atoms with Crippen LogP contribution < -0.4 is 10.5 Å². The van der Waals surface area contributed by atoms with Crippen LogP contribution in [0.3, 0.4) is 0 Å². The molecule has 18 heavy (non-hydrogen) atoms. The average molecular weight is 243 g/mol. The highest BCUT2D eigenvalue weighted by atomic mass is 16.5. The Kier molecular flexibility index (Phi) is 2.26. The first kappa shape index (κ1) is 10.7. The van der Waals surface area contributed by atoms with Crippen molar-refractivity contribution in [3.63, 3.8) is 0 Å². The number of hydrogen-bond donors (Lipinski definition) is 1. The van der Waals surface area contributed by atoms with E-state index in [1.165, 1.54) is 0 Å². The van der Waals surface area contributed by atoms with Crippen LogP contribution in [0.2, 0.25) is 0 Å². The van der Waals surface area contributed by atoms with Crippen LogP contribution in [0, 0.1) is 0 Å². The van der Waals surface area contributed by atoms with Crippen LogP contribution in [-0.4, -0.2) is 16.9 Å². The van der Waals surface area contributed by atoms with Crippen LogP contribution >= 0.6 is 0 Å². The van der Waals surface area contributed by atoms with Gasteiger partial charge in [0.05, 0.1) is 19.1 Å². The monoisotopic (exact) mass is 243 g/mol. The van der Waals surface area contributed by atoms with Gasteiger partial charge in [0.2, 0.25) is 0 Å². The fraction of sp³-hybridized carbons (Fsp3) is 0.154. The zero-order valence-electron chi connectivity index (χ0n) is 10.2. The van der Waals surface area contributed by atoms with Gasteiger partial charge in [-0.15, -0.1) is 0 Å². The zero-order chi connectivity index (χ0) is 12.7. The van der Waals surface area contributed by atoms with E-state index in [9.17, 15) is 0 Å². The third-order valence-corrected chi connectivity index (χ3v) is 2.99. The number of nitrogen functional groups attached to an aromatic ring is 1. The summed E-state index contributed by atoms with van der Waals surface area (Å²) < 4.78 is 12.4. The predicted molar refractivity (Wildman–Crippen MR) is 69.4 cm³/mol. The number of methoxy groups -OCH3 is 1. The van der Waals surface area contributed by atoms with Crippen molar-refractivity contribution in [3.8, 4) is 17.0 Å². The molecule has 0 unspecified atom stereocenters. The van der Waals surface area contributed by atoms with Gasteiger partial charge in [-0.25, -0.2) is 0 Å². The molecule has 0 amide bonds. The third-order valence-electron chi connectivity index (χ3n) is 2.99. The van der Waals surface area contributed by atoms with Crippen LogP contribution in [0.1, 0.15) is 0 Å². The van der Waals surface area contributed by atoms with E-state index in [-0.39, 0.29) is 0 Å². The van der Waals surface area contributed by atoms with Gasteiger partial charge in [-0.05, 0) is 18.2 Å². The van der Waals surface area contributed by atoms with E-state index >= 15 is 0 Å². The molecule has 0 aliphatic heterocycles. The Hall–Kier alpha value is -2.43. The molecular formula is C13H13N3O2. The Morgan fingerprint density at radius 1 is 1.33 bits per heavy atom. The smallest absolute Gasteiger partial charge is 0.176 e. The second kappa shape index (κ2) is 3.80. The maximum atomic E-state index is 5.81. The summed E-state index contributed by atoms with van der Waals surface area (Å²) in [6, 6.07) is 7.57. The summed E-state index contributed by atoms with van der Waals surface area (Å²) in [6.45, 7) is 0. The number of fused-ring (bicyclic) bond motifs is 1. The van der Waals surface area contributed by atoms with E-state index in [4.69, 9.17) is 14.9 Å². The number of nitrogens with two attached hydrogens (primary N) is 1. The number of hydrogen-bond acceptors (Lipinski definition) is 4. The van der Waals surface area contributed by atoms with E-state index in [2.05, 4.69) is 5.10 Å². The number of ether oxygens (including phenoxy) is 1. The molecule has 5 nitrogen and oxygen atoms in total. The summed E-state index contributed by atoms with van der Waals surface area (Å²) in [5, 5.41) is 5.34. The Labute approximate surface area is 104 Å². The molecule has 0 saturated carbocycles. The molecule has 0 fully saturated rings. The first-order valence-electron chi connectivity index (χ1n) is 5.55. The van der Waals surface area contributed by atoms with E-state index in [1.54, 1.807) is 18.1 Å². The fourth-order valence-corrected chi connectivity index (χ4v) is 2.03. The molecular weight excluding hydrogens is 230 g/mol. The maximum absolute atomic E-state index is 5.81. The topological polar surface area (TPSA) is 66.2 Å². The van der Waals surface area contributed by atoms with Crippen molar-refractivity contribution in [2.45, 2.75) is 0 Å². The lowest BCUT2D eigenvalue weighted by atomic mass is 10.1. The third kappa shape index (κ3) is 1.44. The van der Waals surface area contributed by atoms with Gasteiger partial charge in [0.25, 0.3) is 0 Å². The SMILES string of the molecule is COc1ccc(-c2cc(N)n(C)n2)c2ccoc12. The Morgan fingerprint density at radius 3 is 2.83 bits per heavy atom. The fourth-order valence-electron chi connectivity index (χ4n) is 2.03. The standard InChI is InChI=1S/C13H13N3O2/c1-16-12(14)7-10(15-16)8-3-4-11(17-2)13-9(8)5-6-18-13/h3-7H,14H2,1-2H3. The quantitative estimate of drug-likeness (QED) is 0.750. The number of aryl methyl sites for hydroxylation is 1. The molecule has 3 aromatic rings. The van der Waals surface area contributed by atoms with Gasteiger partial charge in [-0.1, -0.05) is 0 Å². The average Bonchev–Trinajstić information content (AvgIpc) is 2.96. The largest absolute Gasteiger partial charge is 0.493 e. The second-order valence-electron chi connectivity index (χ2n) is 4.06. The number of furan rings is 1. The van der Waals surface area contributed by atoms with Crippen molar-refractivity contribution in [2.24, 2.45) is 7.05 Å². The minimum Gasteiger partial charge on any atom is -0.493 e. The first-order chi connectivity index (χ1) is 8.70. The molecule has 2 heterocycles. The van der Waals surface area contributed by atoms with Gasteiger partial charge >= 0.3 is 0 Å². The van der Waals surface area contributed by atoms with Crippen LogP contribution in [0.25, 0.3) is 22.2 Å². The lowest BCUT2D eigenvalue weighted by Crippen LogP contribution is -1.96. The molecule has 0 atom stereocenters. The minimum atomic E-state index is 0.623. The Balaban J connectivity index is 2.27. The molecule has 1 aromatic carbocycles. The lowest BCUT2D eigenvalue weighted by Gasteiger charge is -2.03. The van der Waals surface area contributed by atoms with E-state index in [0.717, 1.165) is 22.2 Å². The summed E-state index contributed by atoms with van der Waals surface area (Å²) in [5.41, 5.74) is 8.33. The summed E-state index contributed by atoms with van der Waals surface area (Å²) in [4.78, 5) is 0. The highest BCUT2D eigenvalue weighted by Gasteiger charge is 2.13. The minimum absolute atomic E-state index is 0.623. The van der Waals surface area contributed by atoms with Crippen LogP contribution in [0.15, 0.2) is 34.9 Å². The number of nitrogens with zero attached hydrogens (tertiary/aromatic N) is 2. The number of benzene rings is 1. The Morgan fingerprint density at radius 2 is 2.17 bits per heavy atom. The van der Waals surface area contributed by atoms with Gasteiger partial charge in [-0.2, -0.15) is 5.10 Å². The summed E-state index contributed by atoms with van der Waals surface area (Å²) in [7, 11) is 3.44. The van der Waals surface area contributed by atoms with Gasteiger partial charge in [0, 0.05) is 24.1 Å². The van der Waals surface area contributed by atoms with Crippen LogP contribution in [0.4, 0.5) is 5.82 Å². The molecule has 3 rings (SSSR count). The van der Waals surface area contributed by atoms with Crippen molar-refractivity contribution in [1.29, 1.82) is 0 Å². The predicted octanol–water partition coefficient (Wildman–Crippen LogP) is 2.42. The van der Waals surface area contributed by atoms with Crippen molar-refractivity contribution in [3.05, 3.63) is 30.5 Å². The molecule has 5 heteroatoms. The maximum Gasteiger partial charge on any atom is 0.176 e. The lowest BCUT2D eigenvalue weighted by molar-refractivity contribution is 0.410. The van der Waals surface area contributed by atoms with Crippen molar-refractivity contribution in [1.82, 2.24) is 9.78 Å². The molecule has 92 valence electrons. The second-order valence-corrected chi connectivity index (χ2v) is 4.06. The summed E-state index contributed by atoms with van der Waals surface area (Å²) >= 11 is 0. The number of anilines is 1. The van der Waals surface area contributed by atoms with E-state index in [0.29, 0.717) is 11.6 Å². The molecule has 2 N–H and O–H groups in total. The van der Waals surface area contributed by atoms with Gasteiger partial charge in [0.15, 0.2) is 11.3 Å². The van der Waals surface area contributed by atoms with Crippen LogP contribution in [0.5, 0.6) is 5.75 Å². The normalized spacial score (nSPS) is 11.0. The molecule has 2 aromatic heterocycles. The summed E-state index contributed by atoms with van der Waals surface area (Å²) in [5.74, 6) is 1.33. The molecule has 0 radical (unpaired) electrons. The van der Waals surface area contributed by atoms with E-state index in [1.807, 2.05) is 31.3 Å². The van der Waals surface area contributed by atoms with Gasteiger partial charge in [0.1, 0.15) is 5.82 Å². The highest BCUT2D eigenvalue weighted by molar-refractivity contribution is 5.96. The molecule has 0 bridgehead atoms. The zero-order valence-corrected chi connectivity index (χ0v) is 10.2. The summed E-state index contributed by atoms with van der Waals surface area (Å²) in [6.07, 6.45) is 1.64. The van der Waals surface area contributed by atoms with Crippen molar-refractivity contribution >= 4 is 16.8 Å². The van der Waals surface area contributed by atoms with Crippen molar-refractivity contribution in [2.75, 3.05) is 12.8 Å². The number of rotatable bonds is 2. The first-order valence-corrected chi connectivity index (χ1v) is 5.55. The van der Waals surface area contributed by atoms with Crippen LogP contribution in [-0.2, 0) is 7.05 Å². The number of aromatic nitrogens is 2. The van der Waals surface area contributed by atoms with E-state index < -0.39 is 0 Å². The Bertz CT molecular complexity index is 693. The van der Waals surface area contributed by atoms with Crippen molar-refractivity contribution < 1.29 is 9.15 Å². The highest BCUT2D eigenvalue weighted by Crippen LogP contribution is 2.34. The van der Waals surface area contributed by atoms with Gasteiger partial charge in [-0.3, -0.25) is 4.68 Å².